The van der Waals surface area contributed by atoms with Crippen LogP contribution >= 0.6 is 0 Å². The van der Waals surface area contributed by atoms with E-state index in [4.69, 9.17) is 14.5 Å². The smallest absolute Gasteiger partial charge is 0.231 e. The molecule has 0 saturated heterocycles. The van der Waals surface area contributed by atoms with E-state index < -0.39 is 10.0 Å². The van der Waals surface area contributed by atoms with Gasteiger partial charge in [0.05, 0.1) is 30.3 Å². The summed E-state index contributed by atoms with van der Waals surface area (Å²) in [5.74, 6) is 1.59. The highest BCUT2D eigenvalue weighted by atomic mass is 32.2. The van der Waals surface area contributed by atoms with Crippen molar-refractivity contribution in [1.82, 2.24) is 0 Å². The second kappa shape index (κ2) is 8.62. The number of methoxy groups -OCH3 is 1. The molecule has 0 spiro atoms. The van der Waals surface area contributed by atoms with Crippen molar-refractivity contribution in [2.75, 3.05) is 24.7 Å². The average Bonchev–Trinajstić information content (AvgIpc) is 3.16. The molecule has 3 aromatic carbocycles. The SMILES string of the molecule is COc1cc2c(c3c1OC(C)(C)C3)C(c1cccc(-c3cccc(N(C)S(C)(=O)=O)c3)c1)=NC(C)(C)C2. The lowest BCUT2D eigenvalue weighted by Gasteiger charge is -2.31. The largest absolute Gasteiger partial charge is 0.493 e. The van der Waals surface area contributed by atoms with Gasteiger partial charge in [0.25, 0.3) is 0 Å². The molecule has 5 rings (SSSR count). The number of sulfonamides is 1. The Kier molecular flexibility index (Phi) is 5.90. The predicted octanol–water partition coefficient (Wildman–Crippen LogP) is 5.64. The van der Waals surface area contributed by atoms with Gasteiger partial charge in [0.1, 0.15) is 5.60 Å². The monoisotopic (exact) mass is 518 g/mol. The van der Waals surface area contributed by atoms with Crippen molar-refractivity contribution in [2.45, 2.75) is 51.7 Å². The maximum atomic E-state index is 12.1. The van der Waals surface area contributed by atoms with Gasteiger partial charge in [-0.3, -0.25) is 9.30 Å². The lowest BCUT2D eigenvalue weighted by atomic mass is 9.80. The quantitative estimate of drug-likeness (QED) is 0.438. The highest BCUT2D eigenvalue weighted by molar-refractivity contribution is 7.92. The average molecular weight is 519 g/mol. The maximum Gasteiger partial charge on any atom is 0.231 e. The molecule has 194 valence electrons. The van der Waals surface area contributed by atoms with Crippen molar-refractivity contribution >= 4 is 21.4 Å². The van der Waals surface area contributed by atoms with Gasteiger partial charge in [-0.05, 0) is 75.1 Å². The van der Waals surface area contributed by atoms with Crippen molar-refractivity contribution in [2.24, 2.45) is 4.99 Å². The summed E-state index contributed by atoms with van der Waals surface area (Å²) < 4.78 is 37.6. The Hall–Kier alpha value is -3.32. The normalized spacial score (nSPS) is 17.3. The summed E-state index contributed by atoms with van der Waals surface area (Å²) in [4.78, 5) is 5.25. The van der Waals surface area contributed by atoms with Crippen LogP contribution < -0.4 is 13.8 Å². The molecule has 0 bridgehead atoms. The Morgan fingerprint density at radius 1 is 0.946 bits per heavy atom. The van der Waals surface area contributed by atoms with E-state index in [9.17, 15) is 8.42 Å². The molecule has 0 unspecified atom stereocenters. The van der Waals surface area contributed by atoms with Gasteiger partial charge in [0.15, 0.2) is 11.5 Å². The molecule has 37 heavy (non-hydrogen) atoms. The number of ether oxygens (including phenoxy) is 2. The summed E-state index contributed by atoms with van der Waals surface area (Å²) in [6, 6.07) is 18.0. The number of benzene rings is 3. The summed E-state index contributed by atoms with van der Waals surface area (Å²) in [5, 5.41) is 0. The fraction of sp³-hybridized carbons (Fsp3) is 0.367. The summed E-state index contributed by atoms with van der Waals surface area (Å²) >= 11 is 0. The fourth-order valence-corrected chi connectivity index (χ4v) is 5.85. The second-order valence-corrected chi connectivity index (χ2v) is 13.3. The number of anilines is 1. The molecule has 0 fully saturated rings. The van der Waals surface area contributed by atoms with E-state index in [2.05, 4.69) is 45.9 Å². The maximum absolute atomic E-state index is 12.1. The number of hydrogen-bond acceptors (Lipinski definition) is 5. The third-order valence-electron chi connectivity index (χ3n) is 7.08. The Morgan fingerprint density at radius 2 is 1.59 bits per heavy atom. The molecule has 0 aromatic heterocycles. The molecule has 2 aliphatic heterocycles. The Bertz CT molecular complexity index is 1540. The van der Waals surface area contributed by atoms with Crippen LogP contribution in [0.2, 0.25) is 0 Å². The van der Waals surface area contributed by atoms with Crippen LogP contribution in [-0.2, 0) is 22.9 Å². The summed E-state index contributed by atoms with van der Waals surface area (Å²) in [6.45, 7) is 8.52. The fourth-order valence-electron chi connectivity index (χ4n) is 5.35. The Morgan fingerprint density at radius 3 is 2.27 bits per heavy atom. The van der Waals surface area contributed by atoms with Gasteiger partial charge in [-0.25, -0.2) is 8.42 Å². The number of aliphatic imine (C=N–C) groups is 1. The van der Waals surface area contributed by atoms with E-state index in [1.165, 1.54) is 16.1 Å². The summed E-state index contributed by atoms with van der Waals surface area (Å²) in [6.07, 6.45) is 2.80. The standard InChI is InChI=1S/C30H34N2O4S/c1-29(2)17-22-16-25(35-6)28-24(18-30(3,4)36-28)26(22)27(31-29)21-12-8-10-19(14-21)20-11-9-13-23(15-20)32(5)37(7,33)34/h8-16H,17-18H2,1-7H3. The lowest BCUT2D eigenvalue weighted by molar-refractivity contribution is 0.134. The van der Waals surface area contributed by atoms with Gasteiger partial charge in [-0.1, -0.05) is 30.3 Å². The summed E-state index contributed by atoms with van der Waals surface area (Å²) in [5.41, 5.74) is 7.44. The van der Waals surface area contributed by atoms with E-state index in [0.717, 1.165) is 57.9 Å². The van der Waals surface area contributed by atoms with Crippen LogP contribution in [0.1, 0.15) is 49.9 Å². The van der Waals surface area contributed by atoms with Crippen LogP contribution in [0.3, 0.4) is 0 Å². The molecular weight excluding hydrogens is 484 g/mol. The van der Waals surface area contributed by atoms with Crippen LogP contribution in [0.4, 0.5) is 5.69 Å². The zero-order valence-corrected chi connectivity index (χ0v) is 23.4. The van der Waals surface area contributed by atoms with Gasteiger partial charge in [0, 0.05) is 30.2 Å². The molecular formula is C30H34N2O4S. The number of fused-ring (bicyclic) bond motifs is 3. The zero-order chi connectivity index (χ0) is 26.8. The highest BCUT2D eigenvalue weighted by Crippen LogP contribution is 2.48. The van der Waals surface area contributed by atoms with Crippen molar-refractivity contribution in [1.29, 1.82) is 0 Å². The van der Waals surface area contributed by atoms with E-state index in [1.54, 1.807) is 20.2 Å². The summed E-state index contributed by atoms with van der Waals surface area (Å²) in [7, 11) is -0.0942. The number of nitrogens with zero attached hydrogens (tertiary/aromatic N) is 2. The molecule has 0 saturated carbocycles. The van der Waals surface area contributed by atoms with E-state index in [0.29, 0.717) is 5.69 Å². The van der Waals surface area contributed by atoms with Crippen molar-refractivity contribution in [3.05, 3.63) is 76.9 Å². The highest BCUT2D eigenvalue weighted by Gasteiger charge is 2.39. The van der Waals surface area contributed by atoms with Gasteiger partial charge in [-0.2, -0.15) is 0 Å². The van der Waals surface area contributed by atoms with Crippen LogP contribution in [0, 0.1) is 0 Å². The van der Waals surface area contributed by atoms with Gasteiger partial charge >= 0.3 is 0 Å². The Balaban J connectivity index is 1.65. The molecule has 3 aromatic rings. The molecule has 0 amide bonds. The molecule has 0 atom stereocenters. The van der Waals surface area contributed by atoms with Crippen LogP contribution in [0.5, 0.6) is 11.5 Å². The minimum absolute atomic E-state index is 0.273. The first-order valence-electron chi connectivity index (χ1n) is 12.4. The van der Waals surface area contributed by atoms with Gasteiger partial charge in [-0.15, -0.1) is 0 Å². The predicted molar refractivity (Wildman–Crippen MR) is 150 cm³/mol. The first-order valence-corrected chi connectivity index (χ1v) is 14.3. The van der Waals surface area contributed by atoms with Gasteiger partial charge < -0.3 is 9.47 Å². The van der Waals surface area contributed by atoms with Crippen LogP contribution in [0.25, 0.3) is 11.1 Å². The number of rotatable bonds is 5. The minimum atomic E-state index is -3.36. The van der Waals surface area contributed by atoms with Crippen molar-refractivity contribution in [3.8, 4) is 22.6 Å². The molecule has 2 aliphatic rings. The molecule has 0 N–H and O–H groups in total. The first-order chi connectivity index (χ1) is 17.3. The van der Waals surface area contributed by atoms with Crippen molar-refractivity contribution < 1.29 is 17.9 Å². The molecule has 2 heterocycles. The van der Waals surface area contributed by atoms with Crippen LogP contribution in [0.15, 0.2) is 59.6 Å². The minimum Gasteiger partial charge on any atom is -0.493 e. The zero-order valence-electron chi connectivity index (χ0n) is 22.5. The van der Waals surface area contributed by atoms with E-state index in [-0.39, 0.29) is 11.1 Å². The molecule has 6 nitrogen and oxygen atoms in total. The van der Waals surface area contributed by atoms with E-state index >= 15 is 0 Å². The third-order valence-corrected chi connectivity index (χ3v) is 8.28. The molecule has 0 aliphatic carbocycles. The Labute approximate surface area is 220 Å². The van der Waals surface area contributed by atoms with E-state index in [1.807, 2.05) is 30.3 Å². The van der Waals surface area contributed by atoms with Gasteiger partial charge in [0.2, 0.25) is 10.0 Å². The van der Waals surface area contributed by atoms with Crippen molar-refractivity contribution in [3.63, 3.8) is 0 Å². The number of hydrogen-bond donors (Lipinski definition) is 0. The lowest BCUT2D eigenvalue weighted by Crippen LogP contribution is -2.30. The molecule has 7 heteroatoms. The third kappa shape index (κ3) is 4.73. The topological polar surface area (TPSA) is 68.2 Å². The second-order valence-electron chi connectivity index (χ2n) is 11.3. The molecule has 0 radical (unpaired) electrons. The van der Waals surface area contributed by atoms with Crippen LogP contribution in [-0.4, -0.2) is 45.7 Å². The first kappa shape index (κ1) is 25.3.